The summed E-state index contributed by atoms with van der Waals surface area (Å²) in [4.78, 5) is 0. The minimum absolute atomic E-state index is 0.847. The van der Waals surface area contributed by atoms with E-state index in [4.69, 9.17) is 0 Å². The van der Waals surface area contributed by atoms with Gasteiger partial charge in [-0.1, -0.05) is 43.3 Å². The fourth-order valence-corrected chi connectivity index (χ4v) is 5.51. The topological polar surface area (TPSA) is 0 Å². The van der Waals surface area contributed by atoms with E-state index in [0.29, 0.717) is 0 Å². The van der Waals surface area contributed by atoms with Gasteiger partial charge in [-0.05, 0) is 64.3 Å². The van der Waals surface area contributed by atoms with E-state index in [2.05, 4.69) is 43.3 Å². The van der Waals surface area contributed by atoms with Crippen LogP contribution in [0.4, 0.5) is 0 Å². The van der Waals surface area contributed by atoms with E-state index in [1.54, 1.807) is 16.5 Å². The molecule has 4 unspecified atom stereocenters. The van der Waals surface area contributed by atoms with Crippen molar-refractivity contribution >= 4 is 10.8 Å². The molecule has 2 fully saturated rings. The molecule has 0 nitrogen and oxygen atoms in total. The van der Waals surface area contributed by atoms with E-state index in [0.717, 1.165) is 29.6 Å². The third kappa shape index (κ3) is 0.922. The molecule has 90 valence electrons. The highest BCUT2D eigenvalue weighted by atomic mass is 14.6. The smallest absolute Gasteiger partial charge is 0.00530 e. The molecule has 0 radical (unpaired) electrons. The van der Waals surface area contributed by atoms with E-state index >= 15 is 0 Å². The molecule has 3 aliphatic rings. The standard InChI is InChI=1S/C18H18/c1-10-8-12-9-15(10)18-14-7-3-5-11-4-2-6-13(16(11)14)17(12)18/h2-7,10,12,15,17-18H,8-9H2,1H3/t10?,12-,15?,17?,18?/m1/s1. The Bertz CT molecular complexity index is 649. The summed E-state index contributed by atoms with van der Waals surface area (Å²) >= 11 is 0. The van der Waals surface area contributed by atoms with Crippen molar-refractivity contribution in [3.05, 3.63) is 47.5 Å². The van der Waals surface area contributed by atoms with Crippen LogP contribution in [0.5, 0.6) is 0 Å². The molecule has 0 saturated heterocycles. The molecular weight excluding hydrogens is 216 g/mol. The second kappa shape index (κ2) is 2.99. The maximum atomic E-state index is 2.48. The van der Waals surface area contributed by atoms with Crippen LogP contribution in [-0.2, 0) is 0 Å². The molecule has 0 amide bonds. The lowest BCUT2D eigenvalue weighted by molar-refractivity contribution is 0.293. The van der Waals surface area contributed by atoms with E-state index in [1.165, 1.54) is 18.2 Å². The van der Waals surface area contributed by atoms with Crippen LogP contribution in [0.25, 0.3) is 10.8 Å². The molecule has 0 spiro atoms. The van der Waals surface area contributed by atoms with Gasteiger partial charge in [0.05, 0.1) is 0 Å². The third-order valence-electron chi connectivity index (χ3n) is 6.02. The molecule has 0 aliphatic heterocycles. The molecule has 3 aliphatic carbocycles. The Morgan fingerprint density at radius 3 is 2.39 bits per heavy atom. The molecule has 18 heavy (non-hydrogen) atoms. The number of benzene rings is 2. The predicted molar refractivity (Wildman–Crippen MR) is 74.8 cm³/mol. The molecule has 0 heterocycles. The second-order valence-corrected chi connectivity index (χ2v) is 6.72. The highest BCUT2D eigenvalue weighted by molar-refractivity contribution is 5.92. The Balaban J connectivity index is 1.85. The lowest BCUT2D eigenvalue weighted by Crippen LogP contribution is -2.20. The molecule has 0 heteroatoms. The van der Waals surface area contributed by atoms with Crippen LogP contribution in [0.15, 0.2) is 36.4 Å². The highest BCUT2D eigenvalue weighted by Gasteiger charge is 2.54. The van der Waals surface area contributed by atoms with Gasteiger partial charge in [0.25, 0.3) is 0 Å². The Morgan fingerprint density at radius 1 is 0.889 bits per heavy atom. The van der Waals surface area contributed by atoms with Crippen LogP contribution in [-0.4, -0.2) is 0 Å². The first-order valence-electron chi connectivity index (χ1n) is 7.36. The summed E-state index contributed by atoms with van der Waals surface area (Å²) in [6.07, 6.45) is 2.96. The van der Waals surface area contributed by atoms with E-state index in [1.807, 2.05) is 0 Å². The highest BCUT2D eigenvalue weighted by Crippen LogP contribution is 2.67. The zero-order valence-corrected chi connectivity index (χ0v) is 10.8. The average Bonchev–Trinajstić information content (AvgIpc) is 3.02. The molecule has 2 bridgehead atoms. The minimum Gasteiger partial charge on any atom is -0.0622 e. The zero-order valence-electron chi connectivity index (χ0n) is 10.8. The van der Waals surface area contributed by atoms with Crippen molar-refractivity contribution in [1.29, 1.82) is 0 Å². The maximum absolute atomic E-state index is 2.48. The van der Waals surface area contributed by atoms with Gasteiger partial charge in [0, 0.05) is 0 Å². The van der Waals surface area contributed by atoms with Gasteiger partial charge < -0.3 is 0 Å². The Morgan fingerprint density at radius 2 is 1.61 bits per heavy atom. The summed E-state index contributed by atoms with van der Waals surface area (Å²) in [6, 6.07) is 13.9. The first-order chi connectivity index (χ1) is 8.84. The molecule has 2 aromatic rings. The van der Waals surface area contributed by atoms with Gasteiger partial charge in [0.1, 0.15) is 0 Å². The van der Waals surface area contributed by atoms with Gasteiger partial charge in [-0.15, -0.1) is 0 Å². The van der Waals surface area contributed by atoms with Crippen LogP contribution in [0.1, 0.15) is 42.7 Å². The number of rotatable bonds is 0. The minimum atomic E-state index is 0.847. The Hall–Kier alpha value is -1.30. The zero-order chi connectivity index (χ0) is 11.9. The number of fused-ring (bicyclic) bond motifs is 7. The molecule has 0 N–H and O–H groups in total. The molecule has 2 saturated carbocycles. The van der Waals surface area contributed by atoms with Crippen LogP contribution in [0.2, 0.25) is 0 Å². The van der Waals surface area contributed by atoms with Gasteiger partial charge in [0.15, 0.2) is 0 Å². The lowest BCUT2D eigenvalue weighted by Gasteiger charge is -2.30. The second-order valence-electron chi connectivity index (χ2n) is 6.72. The summed E-state index contributed by atoms with van der Waals surface area (Å²) in [7, 11) is 0. The van der Waals surface area contributed by atoms with Crippen molar-refractivity contribution in [2.45, 2.75) is 31.6 Å². The summed E-state index contributed by atoms with van der Waals surface area (Å²) in [6.45, 7) is 2.48. The normalized spacial score (nSPS) is 39.5. The van der Waals surface area contributed by atoms with Gasteiger partial charge in [-0.2, -0.15) is 0 Å². The maximum Gasteiger partial charge on any atom is -0.00530 e. The van der Waals surface area contributed by atoms with Gasteiger partial charge in [-0.25, -0.2) is 0 Å². The summed E-state index contributed by atoms with van der Waals surface area (Å²) in [5.74, 6) is 4.57. The predicted octanol–water partition coefficient (Wildman–Crippen LogP) is 4.70. The molecule has 2 aromatic carbocycles. The van der Waals surface area contributed by atoms with Crippen molar-refractivity contribution < 1.29 is 0 Å². The van der Waals surface area contributed by atoms with Crippen LogP contribution in [0, 0.1) is 17.8 Å². The van der Waals surface area contributed by atoms with E-state index in [-0.39, 0.29) is 0 Å². The largest absolute Gasteiger partial charge is 0.0622 e. The summed E-state index contributed by atoms with van der Waals surface area (Å²) in [5, 5.41) is 3.07. The molecule has 5 atom stereocenters. The van der Waals surface area contributed by atoms with Crippen molar-refractivity contribution in [2.24, 2.45) is 17.8 Å². The Kier molecular flexibility index (Phi) is 1.59. The van der Waals surface area contributed by atoms with E-state index in [9.17, 15) is 0 Å². The first kappa shape index (κ1) is 9.61. The first-order valence-corrected chi connectivity index (χ1v) is 7.36. The average molecular weight is 234 g/mol. The van der Waals surface area contributed by atoms with E-state index < -0.39 is 0 Å². The fourth-order valence-electron chi connectivity index (χ4n) is 5.51. The Labute approximate surface area is 108 Å². The lowest BCUT2D eigenvalue weighted by atomic mass is 9.73. The van der Waals surface area contributed by atoms with Crippen molar-refractivity contribution in [3.8, 4) is 0 Å². The van der Waals surface area contributed by atoms with Crippen molar-refractivity contribution in [1.82, 2.24) is 0 Å². The van der Waals surface area contributed by atoms with Crippen LogP contribution >= 0.6 is 0 Å². The summed E-state index contributed by atoms with van der Waals surface area (Å²) < 4.78 is 0. The number of hydrogen-bond acceptors (Lipinski definition) is 0. The fraction of sp³-hybridized carbons (Fsp3) is 0.444. The monoisotopic (exact) mass is 234 g/mol. The molecular formula is C18H18. The third-order valence-corrected chi connectivity index (χ3v) is 6.02. The number of hydrogen-bond donors (Lipinski definition) is 0. The van der Waals surface area contributed by atoms with Crippen LogP contribution < -0.4 is 0 Å². The quantitative estimate of drug-likeness (QED) is 0.620. The summed E-state index contributed by atoms with van der Waals surface area (Å²) in [5.41, 5.74) is 3.35. The van der Waals surface area contributed by atoms with Gasteiger partial charge in [0.2, 0.25) is 0 Å². The molecule has 0 aromatic heterocycles. The van der Waals surface area contributed by atoms with Gasteiger partial charge >= 0.3 is 0 Å². The molecule has 5 rings (SSSR count). The van der Waals surface area contributed by atoms with Crippen molar-refractivity contribution in [2.75, 3.05) is 0 Å². The SMILES string of the molecule is CC1C[C@@H]2CC1C1c3cccc4cccc(c34)C12. The van der Waals surface area contributed by atoms with Crippen LogP contribution in [0.3, 0.4) is 0 Å². The van der Waals surface area contributed by atoms with Gasteiger partial charge in [-0.3, -0.25) is 0 Å². The van der Waals surface area contributed by atoms with Crippen molar-refractivity contribution in [3.63, 3.8) is 0 Å².